The van der Waals surface area contributed by atoms with Crippen LogP contribution >= 0.6 is 0 Å². The van der Waals surface area contributed by atoms with Crippen LogP contribution in [0.1, 0.15) is 0 Å². The van der Waals surface area contributed by atoms with E-state index >= 15 is 35.1 Å². The fourth-order valence-corrected chi connectivity index (χ4v) is 18.8. The van der Waals surface area contributed by atoms with Crippen LogP contribution in [0.2, 0.25) is 0 Å². The summed E-state index contributed by atoms with van der Waals surface area (Å²) in [5.74, 6) is -70.5. The summed E-state index contributed by atoms with van der Waals surface area (Å²) >= 11 is -9.86. The standard InChI is InChI=1S/4C6F5.Sb.H/c4*7-2-1-3(8)5(10)6(11)4(2)9;;. The molecule has 0 fully saturated rings. The van der Waals surface area contributed by atoms with Gasteiger partial charge in [-0.05, 0) is 0 Å². The monoisotopic (exact) mass is 790 g/mol. The van der Waals surface area contributed by atoms with Crippen molar-refractivity contribution in [3.8, 4) is 0 Å². The number of rotatable bonds is 4. The molecule has 0 spiro atoms. The van der Waals surface area contributed by atoms with E-state index in [9.17, 15) is 52.7 Å². The molecule has 242 valence electrons. The molecular weight excluding hydrogens is 790 g/mol. The Morgan fingerprint density at radius 3 is 0.356 bits per heavy atom. The van der Waals surface area contributed by atoms with Crippen molar-refractivity contribution in [1.82, 2.24) is 0 Å². The first-order valence-corrected chi connectivity index (χ1v) is 16.5. The van der Waals surface area contributed by atoms with Gasteiger partial charge < -0.3 is 0 Å². The van der Waals surface area contributed by atoms with E-state index in [2.05, 4.69) is 0 Å². The van der Waals surface area contributed by atoms with Crippen molar-refractivity contribution >= 4 is 32.8 Å². The minimum absolute atomic E-state index is 3.32. The Kier molecular flexibility index (Phi) is 8.56. The van der Waals surface area contributed by atoms with Gasteiger partial charge in [0.25, 0.3) is 0 Å². The Labute approximate surface area is 237 Å². The molecule has 4 rings (SSSR count). The van der Waals surface area contributed by atoms with Gasteiger partial charge in [0.2, 0.25) is 0 Å². The van der Waals surface area contributed by atoms with Gasteiger partial charge in [-0.1, -0.05) is 0 Å². The van der Waals surface area contributed by atoms with Crippen LogP contribution in [0.3, 0.4) is 0 Å². The molecular formula is C24HF20Sb. The summed E-state index contributed by atoms with van der Waals surface area (Å²) in [7, 11) is 0. The Bertz CT molecular complexity index is 1570. The Morgan fingerprint density at radius 2 is 0.244 bits per heavy atom. The van der Waals surface area contributed by atoms with Crippen molar-refractivity contribution in [2.45, 2.75) is 0 Å². The van der Waals surface area contributed by atoms with Crippen molar-refractivity contribution in [3.63, 3.8) is 0 Å². The van der Waals surface area contributed by atoms with Gasteiger partial charge in [0.1, 0.15) is 0 Å². The minimum atomic E-state index is -9.86. The van der Waals surface area contributed by atoms with Gasteiger partial charge >= 0.3 is 237 Å². The first-order valence-electron chi connectivity index (χ1n) is 10.8. The van der Waals surface area contributed by atoms with E-state index in [4.69, 9.17) is 0 Å². The molecule has 0 aliphatic carbocycles. The van der Waals surface area contributed by atoms with Crippen LogP contribution in [0.25, 0.3) is 0 Å². The predicted molar refractivity (Wildman–Crippen MR) is 111 cm³/mol. The molecule has 0 saturated heterocycles. The number of hydrogen-bond acceptors (Lipinski definition) is 0. The number of halogens is 20. The Morgan fingerprint density at radius 1 is 0.156 bits per heavy atom. The third-order valence-electron chi connectivity index (χ3n) is 6.34. The topological polar surface area (TPSA) is 0 Å². The zero-order valence-corrected chi connectivity index (χ0v) is 22.9. The fraction of sp³-hybridized carbons (Fsp3) is 0. The van der Waals surface area contributed by atoms with Crippen molar-refractivity contribution in [1.29, 1.82) is 0 Å². The molecule has 0 aromatic heterocycles. The molecule has 0 aliphatic rings. The van der Waals surface area contributed by atoms with Crippen LogP contribution in [-0.2, 0) is 0 Å². The number of benzene rings is 4. The molecule has 0 heterocycles. The van der Waals surface area contributed by atoms with Crippen molar-refractivity contribution in [2.75, 3.05) is 0 Å². The Balaban J connectivity index is 2.69. The summed E-state index contributed by atoms with van der Waals surface area (Å²) in [6.45, 7) is 0. The van der Waals surface area contributed by atoms with Gasteiger partial charge in [-0.3, -0.25) is 0 Å². The molecule has 0 radical (unpaired) electrons. The molecule has 21 heteroatoms. The van der Waals surface area contributed by atoms with Crippen LogP contribution in [0.4, 0.5) is 87.8 Å². The van der Waals surface area contributed by atoms with E-state index in [1.165, 1.54) is 0 Å². The average Bonchev–Trinajstić information content (AvgIpc) is 3.00. The molecule has 0 saturated carbocycles. The van der Waals surface area contributed by atoms with Crippen LogP contribution < -0.4 is 14.0 Å². The first kappa shape index (κ1) is 34.2. The van der Waals surface area contributed by atoms with Gasteiger partial charge in [0.05, 0.1) is 0 Å². The van der Waals surface area contributed by atoms with Gasteiger partial charge in [-0.2, -0.15) is 0 Å². The van der Waals surface area contributed by atoms with E-state index in [1.54, 1.807) is 0 Å². The molecule has 0 bridgehead atoms. The van der Waals surface area contributed by atoms with Crippen molar-refractivity contribution in [3.05, 3.63) is 116 Å². The average molecular weight is 791 g/mol. The second kappa shape index (κ2) is 11.3. The van der Waals surface area contributed by atoms with Gasteiger partial charge in [0, 0.05) is 0 Å². The maximum absolute atomic E-state index is 15.4. The predicted octanol–water partition coefficient (Wildman–Crippen LogP) is 5.58. The Hall–Kier alpha value is -3.70. The van der Waals surface area contributed by atoms with E-state index in [1.807, 2.05) is 0 Å². The molecule has 0 unspecified atom stereocenters. The second-order valence-corrected chi connectivity index (χ2v) is 18.5. The zero-order chi connectivity index (χ0) is 34.4. The van der Waals surface area contributed by atoms with E-state index < -0.39 is 149 Å². The van der Waals surface area contributed by atoms with E-state index in [-0.39, 0.29) is 0 Å². The summed E-state index contributed by atoms with van der Waals surface area (Å²) in [5.41, 5.74) is 0. The first-order chi connectivity index (χ1) is 20.7. The summed E-state index contributed by atoms with van der Waals surface area (Å²) in [6, 6.07) is 0. The molecule has 0 atom stereocenters. The summed E-state index contributed by atoms with van der Waals surface area (Å²) < 4.78 is 281. The van der Waals surface area contributed by atoms with E-state index in [0.717, 1.165) is 0 Å². The van der Waals surface area contributed by atoms with Crippen LogP contribution in [0.15, 0.2) is 0 Å². The van der Waals surface area contributed by atoms with Crippen molar-refractivity contribution < 1.29 is 87.8 Å². The third-order valence-corrected chi connectivity index (χ3v) is 19.9. The van der Waals surface area contributed by atoms with Crippen LogP contribution in [0.5, 0.6) is 0 Å². The molecule has 4 aromatic rings. The van der Waals surface area contributed by atoms with Crippen molar-refractivity contribution in [2.24, 2.45) is 0 Å². The fourth-order valence-electron chi connectivity index (χ4n) is 4.49. The third kappa shape index (κ3) is 4.37. The zero-order valence-electron chi connectivity index (χ0n) is 20.1. The van der Waals surface area contributed by atoms with Crippen LogP contribution in [0, 0.1) is 116 Å². The molecule has 4 aromatic carbocycles. The molecule has 0 amide bonds. The van der Waals surface area contributed by atoms with Crippen LogP contribution in [-0.4, -0.2) is 18.8 Å². The van der Waals surface area contributed by atoms with Gasteiger partial charge in [0.15, 0.2) is 0 Å². The van der Waals surface area contributed by atoms with E-state index in [0.29, 0.717) is 0 Å². The molecule has 0 aliphatic heterocycles. The molecule has 0 nitrogen and oxygen atoms in total. The normalized spacial score (nSPS) is 12.4. The van der Waals surface area contributed by atoms with Gasteiger partial charge in [-0.25, -0.2) is 0 Å². The summed E-state index contributed by atoms with van der Waals surface area (Å²) in [6.07, 6.45) is 0. The molecule has 0 N–H and O–H groups in total. The number of hydrogen-bond donors (Lipinski definition) is 0. The van der Waals surface area contributed by atoms with Gasteiger partial charge in [-0.15, -0.1) is 0 Å². The quantitative estimate of drug-likeness (QED) is 0.110. The summed E-state index contributed by atoms with van der Waals surface area (Å²) in [5, 5.41) is 0. The summed E-state index contributed by atoms with van der Waals surface area (Å²) in [4.78, 5) is 0. The SMILES string of the molecule is Fc1c(F)c(F)[c]([SbH]([c]2c(F)c(F)c(F)c(F)c2F)([c]2c(F)c(F)c(F)c(F)c2F)[c]2c(F)c(F)c(F)c(F)c2F)c(F)c1F. The molecule has 45 heavy (non-hydrogen) atoms. The maximum atomic E-state index is 15.4. The second-order valence-electron chi connectivity index (χ2n) is 8.53.